The first-order valence-electron chi connectivity index (χ1n) is 8.64. The minimum absolute atomic E-state index is 0.180. The van der Waals surface area contributed by atoms with E-state index in [0.717, 1.165) is 28.5 Å². The molecule has 8 nitrogen and oxygen atoms in total. The molecule has 0 unspecified atom stereocenters. The van der Waals surface area contributed by atoms with Gasteiger partial charge in [-0.05, 0) is 43.2 Å². The van der Waals surface area contributed by atoms with E-state index in [9.17, 15) is 13.2 Å². The number of aryl methyl sites for hydroxylation is 3. The number of nitrogens with one attached hydrogen (secondary N) is 1. The molecule has 2 heterocycles. The van der Waals surface area contributed by atoms with Gasteiger partial charge in [-0.3, -0.25) is 4.79 Å². The molecule has 0 fully saturated rings. The van der Waals surface area contributed by atoms with E-state index in [1.165, 1.54) is 12.1 Å². The Morgan fingerprint density at radius 2 is 1.89 bits per heavy atom. The van der Waals surface area contributed by atoms with E-state index in [-0.39, 0.29) is 24.0 Å². The maximum absolute atomic E-state index is 12.1. The number of sulfone groups is 1. The highest BCUT2D eigenvalue weighted by atomic mass is 32.2. The van der Waals surface area contributed by atoms with E-state index in [1.807, 2.05) is 19.9 Å². The van der Waals surface area contributed by atoms with Gasteiger partial charge in [0.1, 0.15) is 0 Å². The molecule has 3 rings (SSSR count). The molecule has 1 N–H and O–H groups in total. The summed E-state index contributed by atoms with van der Waals surface area (Å²) in [4.78, 5) is 16.8. The van der Waals surface area contributed by atoms with Crippen LogP contribution < -0.4 is 10.1 Å². The van der Waals surface area contributed by atoms with E-state index < -0.39 is 9.84 Å². The number of amides is 1. The molecule has 0 atom stereocenters. The molecule has 148 valence electrons. The summed E-state index contributed by atoms with van der Waals surface area (Å²) in [6.07, 6.45) is 1.15. The highest BCUT2D eigenvalue weighted by Gasteiger charge is 2.15. The number of hydrogen-bond donors (Lipinski definition) is 1. The molecule has 0 aliphatic rings. The third kappa shape index (κ3) is 4.30. The lowest BCUT2D eigenvalue weighted by atomic mass is 10.2. The van der Waals surface area contributed by atoms with Crippen molar-refractivity contribution in [2.45, 2.75) is 25.3 Å². The Morgan fingerprint density at radius 3 is 2.54 bits per heavy atom. The Hall–Kier alpha value is -2.94. The van der Waals surface area contributed by atoms with Gasteiger partial charge in [0, 0.05) is 25.5 Å². The number of aromatic nitrogens is 3. The largest absolute Gasteiger partial charge is 0.466 e. The summed E-state index contributed by atoms with van der Waals surface area (Å²) in [6.45, 7) is 3.96. The van der Waals surface area contributed by atoms with Crippen molar-refractivity contribution in [1.82, 2.24) is 20.1 Å². The Morgan fingerprint density at radius 1 is 1.21 bits per heavy atom. The van der Waals surface area contributed by atoms with Crippen molar-refractivity contribution in [2.75, 3.05) is 12.9 Å². The predicted molar refractivity (Wildman–Crippen MR) is 105 cm³/mol. The number of benzene rings is 1. The van der Waals surface area contributed by atoms with Gasteiger partial charge in [-0.1, -0.05) is 12.1 Å². The van der Waals surface area contributed by atoms with E-state index in [4.69, 9.17) is 4.74 Å². The van der Waals surface area contributed by atoms with Crippen molar-refractivity contribution in [1.29, 1.82) is 0 Å². The molecular weight excluding hydrogens is 380 g/mol. The Balaban J connectivity index is 1.61. The Bertz CT molecular complexity index is 1130. The number of hydrogen-bond acceptors (Lipinski definition) is 6. The molecule has 1 aromatic carbocycles. The molecular formula is C19H22N4O4S. The monoisotopic (exact) mass is 402 g/mol. The van der Waals surface area contributed by atoms with Gasteiger partial charge in [-0.2, -0.15) is 0 Å². The molecule has 0 spiro atoms. The van der Waals surface area contributed by atoms with Crippen molar-refractivity contribution in [2.24, 2.45) is 7.05 Å². The van der Waals surface area contributed by atoms with Crippen LogP contribution in [-0.4, -0.2) is 42.0 Å². The second-order valence-corrected chi connectivity index (χ2v) is 8.71. The van der Waals surface area contributed by atoms with Crippen molar-refractivity contribution in [3.63, 3.8) is 0 Å². The maximum atomic E-state index is 12.1. The summed E-state index contributed by atoms with van der Waals surface area (Å²) in [5.41, 5.74) is 3.37. The first kappa shape index (κ1) is 19.8. The zero-order valence-electron chi connectivity index (χ0n) is 16.2. The fraction of sp³-hybridized carbons (Fsp3) is 0.316. The van der Waals surface area contributed by atoms with Crippen LogP contribution in [0.3, 0.4) is 0 Å². The fourth-order valence-corrected chi connectivity index (χ4v) is 3.52. The standard InChI is InChI=1S/C19H22N4O4S/c1-12-9-13(2)21-18-17(12)19(22-23(18)3)27-11-16(24)20-10-14-5-7-15(8-6-14)28(4,25)26/h5-9H,10-11H2,1-4H3,(H,20,24). The van der Waals surface area contributed by atoms with Gasteiger partial charge in [-0.25, -0.2) is 18.1 Å². The second kappa shape index (κ2) is 7.59. The average molecular weight is 402 g/mol. The Kier molecular flexibility index (Phi) is 5.37. The third-order valence-electron chi connectivity index (χ3n) is 4.27. The van der Waals surface area contributed by atoms with E-state index in [2.05, 4.69) is 15.4 Å². The van der Waals surface area contributed by atoms with E-state index in [1.54, 1.807) is 23.9 Å². The van der Waals surface area contributed by atoms with Crippen LogP contribution in [0.2, 0.25) is 0 Å². The zero-order chi connectivity index (χ0) is 20.5. The van der Waals surface area contributed by atoms with Gasteiger partial charge in [0.05, 0.1) is 10.3 Å². The van der Waals surface area contributed by atoms with Crippen LogP contribution in [0.15, 0.2) is 35.2 Å². The quantitative estimate of drug-likeness (QED) is 0.673. The summed E-state index contributed by atoms with van der Waals surface area (Å²) in [5, 5.41) is 7.84. The van der Waals surface area contributed by atoms with Gasteiger partial charge < -0.3 is 10.1 Å². The summed E-state index contributed by atoms with van der Waals surface area (Å²) in [7, 11) is -1.45. The minimum atomic E-state index is -3.23. The summed E-state index contributed by atoms with van der Waals surface area (Å²) >= 11 is 0. The topological polar surface area (TPSA) is 103 Å². The number of rotatable bonds is 6. The normalized spacial score (nSPS) is 11.6. The SMILES string of the molecule is Cc1cc(C)c2c(OCC(=O)NCc3ccc(S(C)(=O)=O)cc3)nn(C)c2n1. The molecule has 9 heteroatoms. The van der Waals surface area contributed by atoms with E-state index in [0.29, 0.717) is 11.5 Å². The lowest BCUT2D eigenvalue weighted by Gasteiger charge is -2.07. The maximum Gasteiger partial charge on any atom is 0.258 e. The van der Waals surface area contributed by atoms with Crippen molar-refractivity contribution in [3.8, 4) is 5.88 Å². The van der Waals surface area contributed by atoms with Crippen LogP contribution in [0.4, 0.5) is 0 Å². The van der Waals surface area contributed by atoms with Crippen molar-refractivity contribution >= 4 is 26.8 Å². The first-order chi connectivity index (χ1) is 13.1. The van der Waals surface area contributed by atoms with Crippen LogP contribution in [0.5, 0.6) is 5.88 Å². The van der Waals surface area contributed by atoms with Crippen LogP contribution in [0.25, 0.3) is 11.0 Å². The summed E-state index contributed by atoms with van der Waals surface area (Å²) < 4.78 is 30.2. The lowest BCUT2D eigenvalue weighted by molar-refractivity contribution is -0.123. The minimum Gasteiger partial charge on any atom is -0.466 e. The number of nitrogens with zero attached hydrogens (tertiary/aromatic N) is 3. The third-order valence-corrected chi connectivity index (χ3v) is 5.40. The van der Waals surface area contributed by atoms with Gasteiger partial charge in [-0.15, -0.1) is 5.10 Å². The van der Waals surface area contributed by atoms with Crippen LogP contribution in [0, 0.1) is 13.8 Å². The smallest absolute Gasteiger partial charge is 0.258 e. The molecule has 28 heavy (non-hydrogen) atoms. The van der Waals surface area contributed by atoms with Crippen molar-refractivity contribution < 1.29 is 17.9 Å². The predicted octanol–water partition coefficient (Wildman–Crippen LogP) is 1.68. The molecule has 0 aliphatic heterocycles. The molecule has 3 aromatic rings. The summed E-state index contributed by atoms with van der Waals surface area (Å²) in [6, 6.07) is 8.32. The van der Waals surface area contributed by atoms with Gasteiger partial charge in [0.25, 0.3) is 5.91 Å². The van der Waals surface area contributed by atoms with E-state index >= 15 is 0 Å². The summed E-state index contributed by atoms with van der Waals surface area (Å²) in [5.74, 6) is 0.0684. The van der Waals surface area contributed by atoms with Gasteiger partial charge in [0.2, 0.25) is 5.88 Å². The molecule has 0 saturated carbocycles. The zero-order valence-corrected chi connectivity index (χ0v) is 17.0. The van der Waals surface area contributed by atoms with Crippen LogP contribution in [-0.2, 0) is 28.2 Å². The number of pyridine rings is 1. The average Bonchev–Trinajstić information content (AvgIpc) is 2.94. The Labute approximate surface area is 163 Å². The van der Waals surface area contributed by atoms with Crippen molar-refractivity contribution in [3.05, 3.63) is 47.2 Å². The molecule has 2 aromatic heterocycles. The van der Waals surface area contributed by atoms with Crippen LogP contribution >= 0.6 is 0 Å². The molecule has 0 radical (unpaired) electrons. The lowest BCUT2D eigenvalue weighted by Crippen LogP contribution is -2.28. The highest BCUT2D eigenvalue weighted by molar-refractivity contribution is 7.90. The first-order valence-corrected chi connectivity index (χ1v) is 10.5. The molecule has 0 aliphatic carbocycles. The number of carbonyl (C=O) groups is 1. The number of ether oxygens (including phenoxy) is 1. The second-order valence-electron chi connectivity index (χ2n) is 6.69. The molecule has 1 amide bonds. The van der Waals surface area contributed by atoms with Crippen LogP contribution in [0.1, 0.15) is 16.8 Å². The molecule has 0 saturated heterocycles. The van der Waals surface area contributed by atoms with Gasteiger partial charge in [0.15, 0.2) is 22.1 Å². The molecule has 0 bridgehead atoms. The highest BCUT2D eigenvalue weighted by Crippen LogP contribution is 2.26. The number of fused-ring (bicyclic) bond motifs is 1. The number of carbonyl (C=O) groups excluding carboxylic acids is 1. The fourth-order valence-electron chi connectivity index (χ4n) is 2.89. The van der Waals surface area contributed by atoms with Gasteiger partial charge >= 0.3 is 0 Å².